The number of rotatable bonds is 10. The normalized spacial score (nSPS) is 11.1. The van der Waals surface area contributed by atoms with Crippen molar-refractivity contribution in [1.29, 1.82) is 0 Å². The summed E-state index contributed by atoms with van der Waals surface area (Å²) in [5, 5.41) is 18.1. The maximum absolute atomic E-state index is 10.8. The third-order valence-electron chi connectivity index (χ3n) is 4.42. The smallest absolute Gasteiger partial charge is 0.269 e. The van der Waals surface area contributed by atoms with Crippen LogP contribution in [0, 0.1) is 10.1 Å². The van der Waals surface area contributed by atoms with E-state index in [0.29, 0.717) is 17.6 Å². The summed E-state index contributed by atoms with van der Waals surface area (Å²) in [4.78, 5) is 25.6. The number of benzene rings is 2. The zero-order valence-electron chi connectivity index (χ0n) is 17.8. The van der Waals surface area contributed by atoms with Gasteiger partial charge < -0.3 is 10.2 Å². The highest BCUT2D eigenvalue weighted by Crippen LogP contribution is 2.20. The Kier molecular flexibility index (Phi) is 7.79. The molecule has 3 aromatic rings. The molecule has 0 aliphatic heterocycles. The molecule has 0 amide bonds. The number of nitro benzene ring substituents is 1. The summed E-state index contributed by atoms with van der Waals surface area (Å²) < 4.78 is 0. The van der Waals surface area contributed by atoms with Crippen LogP contribution in [-0.4, -0.2) is 39.2 Å². The van der Waals surface area contributed by atoms with Crippen molar-refractivity contribution >= 4 is 41.5 Å². The second-order valence-corrected chi connectivity index (χ2v) is 6.54. The minimum atomic E-state index is -0.447. The molecule has 0 spiro atoms. The Hall–Kier alpha value is -4.34. The molecule has 0 atom stereocenters. The molecular formula is C22H24N8O2. The van der Waals surface area contributed by atoms with Crippen molar-refractivity contribution in [1.82, 2.24) is 15.0 Å². The first-order valence-electron chi connectivity index (χ1n) is 10.1. The number of hydrogen-bond donors (Lipinski definition) is 2. The van der Waals surface area contributed by atoms with Crippen LogP contribution in [0.25, 0.3) is 6.08 Å². The number of nitro groups is 1. The van der Waals surface area contributed by atoms with Gasteiger partial charge in [0.15, 0.2) is 0 Å². The molecule has 0 saturated carbocycles. The number of nitrogens with zero attached hydrogens (tertiary/aromatic N) is 6. The number of aromatic nitrogens is 3. The van der Waals surface area contributed by atoms with Crippen molar-refractivity contribution in [2.45, 2.75) is 13.8 Å². The standard InChI is InChI=1S/C22H24N8O2/c1-3-29(4-2)22-26-20(24-18-12-14-19(15-13-18)30(31)32)25-21(27-22)28-23-16-8-11-17-9-6-5-7-10-17/h5-16H,3-4H2,1-2H3,(H2,24,25,26,27,28). The SMILES string of the molecule is CCN(CC)c1nc(NN=CC=Cc2ccccc2)nc(Nc2ccc([N+](=O)[O-])cc2)n1. The van der Waals surface area contributed by atoms with Crippen LogP contribution in [0.2, 0.25) is 0 Å². The lowest BCUT2D eigenvalue weighted by molar-refractivity contribution is -0.384. The molecule has 3 rings (SSSR count). The van der Waals surface area contributed by atoms with Crippen molar-refractivity contribution in [3.05, 3.63) is 76.4 Å². The maximum Gasteiger partial charge on any atom is 0.269 e. The molecule has 10 nitrogen and oxygen atoms in total. The fourth-order valence-electron chi connectivity index (χ4n) is 2.77. The second-order valence-electron chi connectivity index (χ2n) is 6.54. The molecule has 0 saturated heterocycles. The first-order chi connectivity index (χ1) is 15.6. The van der Waals surface area contributed by atoms with Gasteiger partial charge in [0.25, 0.3) is 5.69 Å². The highest BCUT2D eigenvalue weighted by Gasteiger charge is 2.12. The highest BCUT2D eigenvalue weighted by molar-refractivity contribution is 5.78. The van der Waals surface area contributed by atoms with E-state index in [4.69, 9.17) is 0 Å². The highest BCUT2D eigenvalue weighted by atomic mass is 16.6. The Morgan fingerprint density at radius 1 is 1.00 bits per heavy atom. The van der Waals surface area contributed by atoms with Crippen molar-refractivity contribution in [2.75, 3.05) is 28.7 Å². The van der Waals surface area contributed by atoms with Gasteiger partial charge in [-0.2, -0.15) is 20.1 Å². The molecule has 2 aromatic carbocycles. The summed E-state index contributed by atoms with van der Waals surface area (Å²) in [5.74, 6) is 1.07. The molecule has 0 unspecified atom stereocenters. The van der Waals surface area contributed by atoms with Gasteiger partial charge in [-0.15, -0.1) is 0 Å². The van der Waals surface area contributed by atoms with E-state index in [1.165, 1.54) is 12.1 Å². The van der Waals surface area contributed by atoms with Crippen molar-refractivity contribution < 1.29 is 4.92 Å². The number of nitrogens with one attached hydrogen (secondary N) is 2. The number of non-ortho nitro benzene ring substituents is 1. The molecule has 2 N–H and O–H groups in total. The largest absolute Gasteiger partial charge is 0.341 e. The number of hydrogen-bond acceptors (Lipinski definition) is 9. The van der Waals surface area contributed by atoms with Crippen LogP contribution < -0.4 is 15.6 Å². The molecule has 1 heterocycles. The van der Waals surface area contributed by atoms with Crippen LogP contribution in [0.5, 0.6) is 0 Å². The molecule has 0 radical (unpaired) electrons. The van der Waals surface area contributed by atoms with Gasteiger partial charge in [0.1, 0.15) is 0 Å². The summed E-state index contributed by atoms with van der Waals surface area (Å²) in [6.45, 7) is 5.46. The van der Waals surface area contributed by atoms with E-state index in [1.807, 2.05) is 61.2 Å². The zero-order chi connectivity index (χ0) is 22.8. The van der Waals surface area contributed by atoms with Gasteiger partial charge in [0.2, 0.25) is 17.8 Å². The summed E-state index contributed by atoms with van der Waals surface area (Å²) in [6.07, 6.45) is 5.35. The average molecular weight is 432 g/mol. The van der Waals surface area contributed by atoms with Gasteiger partial charge in [-0.1, -0.05) is 36.4 Å². The lowest BCUT2D eigenvalue weighted by atomic mass is 10.2. The Balaban J connectivity index is 1.77. The number of anilines is 4. The lowest BCUT2D eigenvalue weighted by Gasteiger charge is -2.19. The first-order valence-corrected chi connectivity index (χ1v) is 10.1. The first kappa shape index (κ1) is 22.3. The molecule has 10 heteroatoms. The summed E-state index contributed by atoms with van der Waals surface area (Å²) in [7, 11) is 0. The van der Waals surface area contributed by atoms with Gasteiger partial charge in [0, 0.05) is 37.1 Å². The fourth-order valence-corrected chi connectivity index (χ4v) is 2.77. The van der Waals surface area contributed by atoms with E-state index in [0.717, 1.165) is 18.7 Å². The quantitative estimate of drug-likeness (QED) is 0.273. The third kappa shape index (κ3) is 6.33. The van der Waals surface area contributed by atoms with Crippen LogP contribution in [0.4, 0.5) is 29.2 Å². The van der Waals surface area contributed by atoms with E-state index in [9.17, 15) is 10.1 Å². The molecule has 0 fully saturated rings. The number of hydrazone groups is 1. The Bertz CT molecular complexity index is 1080. The monoisotopic (exact) mass is 432 g/mol. The number of allylic oxidation sites excluding steroid dienone is 1. The van der Waals surface area contributed by atoms with Gasteiger partial charge in [-0.3, -0.25) is 10.1 Å². The summed E-state index contributed by atoms with van der Waals surface area (Å²) in [6, 6.07) is 15.9. The second kappa shape index (κ2) is 11.2. The van der Waals surface area contributed by atoms with Crippen molar-refractivity contribution in [3.8, 4) is 0 Å². The summed E-state index contributed by atoms with van der Waals surface area (Å²) in [5.41, 5.74) is 4.52. The van der Waals surface area contributed by atoms with Gasteiger partial charge in [-0.25, -0.2) is 5.43 Å². The van der Waals surface area contributed by atoms with E-state index in [1.54, 1.807) is 18.3 Å². The van der Waals surface area contributed by atoms with E-state index in [2.05, 4.69) is 30.8 Å². The van der Waals surface area contributed by atoms with Crippen LogP contribution in [0.3, 0.4) is 0 Å². The van der Waals surface area contributed by atoms with E-state index in [-0.39, 0.29) is 11.6 Å². The topological polar surface area (TPSA) is 121 Å². The van der Waals surface area contributed by atoms with Crippen molar-refractivity contribution in [2.24, 2.45) is 5.10 Å². The van der Waals surface area contributed by atoms with E-state index >= 15 is 0 Å². The predicted octanol–water partition coefficient (Wildman–Crippen LogP) is 4.48. The minimum absolute atomic E-state index is 0.00952. The third-order valence-corrected chi connectivity index (χ3v) is 4.42. The van der Waals surface area contributed by atoms with Crippen LogP contribution in [0.1, 0.15) is 19.4 Å². The molecule has 0 aliphatic rings. The molecule has 164 valence electrons. The molecule has 32 heavy (non-hydrogen) atoms. The minimum Gasteiger partial charge on any atom is -0.341 e. The molecule has 1 aromatic heterocycles. The van der Waals surface area contributed by atoms with E-state index < -0.39 is 4.92 Å². The Morgan fingerprint density at radius 2 is 1.69 bits per heavy atom. The fraction of sp³-hybridized carbons (Fsp3) is 0.182. The van der Waals surface area contributed by atoms with Gasteiger partial charge in [-0.05, 0) is 37.6 Å². The van der Waals surface area contributed by atoms with Crippen LogP contribution in [0.15, 0.2) is 65.8 Å². The van der Waals surface area contributed by atoms with Crippen LogP contribution >= 0.6 is 0 Å². The predicted molar refractivity (Wildman–Crippen MR) is 127 cm³/mol. The average Bonchev–Trinajstić information content (AvgIpc) is 2.81. The lowest BCUT2D eigenvalue weighted by Crippen LogP contribution is -2.25. The molecule has 0 bridgehead atoms. The molecule has 0 aliphatic carbocycles. The molecular weight excluding hydrogens is 408 g/mol. The van der Waals surface area contributed by atoms with Crippen LogP contribution in [-0.2, 0) is 0 Å². The van der Waals surface area contributed by atoms with Gasteiger partial charge >= 0.3 is 0 Å². The zero-order valence-corrected chi connectivity index (χ0v) is 17.8. The maximum atomic E-state index is 10.8. The van der Waals surface area contributed by atoms with Crippen molar-refractivity contribution in [3.63, 3.8) is 0 Å². The Labute approximate surface area is 185 Å². The van der Waals surface area contributed by atoms with Gasteiger partial charge in [0.05, 0.1) is 4.92 Å². The Morgan fingerprint density at radius 3 is 2.34 bits per heavy atom. The summed E-state index contributed by atoms with van der Waals surface area (Å²) >= 11 is 0.